The third-order valence-electron chi connectivity index (χ3n) is 5.41. The van der Waals surface area contributed by atoms with Gasteiger partial charge in [0, 0.05) is 33.2 Å². The van der Waals surface area contributed by atoms with Gasteiger partial charge in [-0.05, 0) is 29.1 Å². The van der Waals surface area contributed by atoms with Gasteiger partial charge >= 0.3 is 0 Å². The van der Waals surface area contributed by atoms with Gasteiger partial charge < -0.3 is 24.8 Å². The number of nitrogens with zero attached hydrogens (tertiary/aromatic N) is 6. The van der Waals surface area contributed by atoms with Crippen LogP contribution >= 0.6 is 34.8 Å². The third-order valence-corrected chi connectivity index (χ3v) is 6.08. The van der Waals surface area contributed by atoms with Crippen LogP contribution in [0.4, 0.5) is 11.6 Å². The molecule has 0 radical (unpaired) electrons. The molecule has 0 spiro atoms. The number of anilines is 2. The number of halogens is 3. The third kappa shape index (κ3) is 13.2. The molecule has 14 heteroatoms. The molecule has 0 atom stereocenters. The van der Waals surface area contributed by atoms with Crippen molar-refractivity contribution in [2.45, 2.75) is 25.9 Å². The van der Waals surface area contributed by atoms with Gasteiger partial charge in [0.05, 0.1) is 26.4 Å². The highest BCUT2D eigenvalue weighted by Gasteiger charge is 2.08. The second-order valence-electron chi connectivity index (χ2n) is 8.59. The number of aromatic nitrogens is 6. The van der Waals surface area contributed by atoms with Crippen LogP contribution in [0.15, 0.2) is 60.7 Å². The summed E-state index contributed by atoms with van der Waals surface area (Å²) in [6.45, 7) is 4.17. The molecule has 0 aliphatic carbocycles. The molecule has 0 saturated heterocycles. The lowest BCUT2D eigenvalue weighted by Gasteiger charge is -2.08. The summed E-state index contributed by atoms with van der Waals surface area (Å²) in [7, 11) is 1.65. The van der Waals surface area contributed by atoms with Crippen molar-refractivity contribution >= 4 is 46.4 Å². The van der Waals surface area contributed by atoms with Gasteiger partial charge in [0.15, 0.2) is 27.8 Å². The molecule has 0 aliphatic rings. The van der Waals surface area contributed by atoms with Gasteiger partial charge in [0.25, 0.3) is 0 Å². The van der Waals surface area contributed by atoms with E-state index < -0.39 is 0 Å². The number of hydrogen-bond acceptors (Lipinski definition) is 11. The summed E-state index contributed by atoms with van der Waals surface area (Å²) >= 11 is 17.5. The zero-order valence-electron chi connectivity index (χ0n) is 23.2. The van der Waals surface area contributed by atoms with E-state index in [-0.39, 0.29) is 15.6 Å². The molecule has 0 fully saturated rings. The highest BCUT2D eigenvalue weighted by molar-refractivity contribution is 6.32. The van der Waals surface area contributed by atoms with Gasteiger partial charge in [-0.15, -0.1) is 20.4 Å². The maximum Gasteiger partial charge on any atom is 0.245 e. The number of aryl methyl sites for hydroxylation is 1. The first-order chi connectivity index (χ1) is 20.5. The van der Waals surface area contributed by atoms with E-state index in [9.17, 15) is 0 Å². The lowest BCUT2D eigenvalue weighted by Crippen LogP contribution is -2.10. The molecule has 2 aromatic carbocycles. The molecule has 0 saturated carbocycles. The van der Waals surface area contributed by atoms with Crippen molar-refractivity contribution in [3.63, 3.8) is 0 Å². The Hall–Kier alpha value is -3.19. The maximum atomic E-state index is 6.07. The van der Waals surface area contributed by atoms with E-state index in [1.54, 1.807) is 7.11 Å². The first kappa shape index (κ1) is 33.3. The molecule has 11 nitrogen and oxygen atoms in total. The molecule has 4 rings (SSSR count). The summed E-state index contributed by atoms with van der Waals surface area (Å²) in [6.07, 6.45) is 1.48. The van der Waals surface area contributed by atoms with Crippen molar-refractivity contribution in [2.75, 3.05) is 50.8 Å². The summed E-state index contributed by atoms with van der Waals surface area (Å²) in [5, 5.41) is 22.0. The van der Waals surface area contributed by atoms with Crippen LogP contribution in [0.25, 0.3) is 0 Å². The van der Waals surface area contributed by atoms with Crippen LogP contribution in [0.5, 0.6) is 0 Å². The van der Waals surface area contributed by atoms with Gasteiger partial charge in [-0.2, -0.15) is 4.98 Å². The SMILES string of the molecule is COCCOCCOCCCc1nnc(Cl)c(NCc2ccccc2)n1.Clc1nnc(Cl)c(NCc2ccccc2)n1. The molecule has 0 bridgehead atoms. The molecule has 42 heavy (non-hydrogen) atoms. The summed E-state index contributed by atoms with van der Waals surface area (Å²) in [5.74, 6) is 1.63. The van der Waals surface area contributed by atoms with Crippen LogP contribution < -0.4 is 10.6 Å². The Morgan fingerprint density at radius 1 is 0.619 bits per heavy atom. The molecular formula is C28H33Cl3N8O3. The fourth-order valence-electron chi connectivity index (χ4n) is 3.33. The van der Waals surface area contributed by atoms with E-state index in [1.165, 1.54) is 0 Å². The Balaban J connectivity index is 0.000000258. The average Bonchev–Trinajstić information content (AvgIpc) is 3.02. The van der Waals surface area contributed by atoms with Crippen molar-refractivity contribution in [2.24, 2.45) is 0 Å². The number of ether oxygens (including phenoxy) is 3. The van der Waals surface area contributed by atoms with E-state index in [0.29, 0.717) is 70.0 Å². The maximum absolute atomic E-state index is 6.07. The van der Waals surface area contributed by atoms with Crippen LogP contribution in [-0.4, -0.2) is 70.5 Å². The molecule has 4 aromatic rings. The van der Waals surface area contributed by atoms with Crippen molar-refractivity contribution in [1.82, 2.24) is 30.4 Å². The van der Waals surface area contributed by atoms with Crippen LogP contribution in [0.3, 0.4) is 0 Å². The van der Waals surface area contributed by atoms with Crippen molar-refractivity contribution in [3.05, 3.63) is 93.2 Å². The summed E-state index contributed by atoms with van der Waals surface area (Å²) in [5.41, 5.74) is 2.26. The summed E-state index contributed by atoms with van der Waals surface area (Å²) in [6, 6.07) is 19.9. The fraction of sp³-hybridized carbons (Fsp3) is 0.357. The first-order valence-corrected chi connectivity index (χ1v) is 14.3. The second kappa shape index (κ2) is 19.8. The van der Waals surface area contributed by atoms with Crippen LogP contribution in [0.2, 0.25) is 15.6 Å². The first-order valence-electron chi connectivity index (χ1n) is 13.2. The minimum Gasteiger partial charge on any atom is -0.382 e. The highest BCUT2D eigenvalue weighted by atomic mass is 35.5. The molecule has 2 N–H and O–H groups in total. The van der Waals surface area contributed by atoms with Gasteiger partial charge in [-0.1, -0.05) is 83.9 Å². The lowest BCUT2D eigenvalue weighted by molar-refractivity contribution is 0.0243. The number of hydrogen-bond donors (Lipinski definition) is 2. The Morgan fingerprint density at radius 2 is 1.14 bits per heavy atom. The number of benzene rings is 2. The zero-order chi connectivity index (χ0) is 29.8. The van der Waals surface area contributed by atoms with Crippen molar-refractivity contribution < 1.29 is 14.2 Å². The van der Waals surface area contributed by atoms with E-state index in [0.717, 1.165) is 17.5 Å². The molecule has 224 valence electrons. The Kier molecular flexibility index (Phi) is 15.7. The normalized spacial score (nSPS) is 10.6. The minimum absolute atomic E-state index is 0.0694. The zero-order valence-corrected chi connectivity index (χ0v) is 25.4. The largest absolute Gasteiger partial charge is 0.382 e. The van der Waals surface area contributed by atoms with E-state index >= 15 is 0 Å². The lowest BCUT2D eigenvalue weighted by atomic mass is 10.2. The number of nitrogens with one attached hydrogen (secondary N) is 2. The topological polar surface area (TPSA) is 129 Å². The minimum atomic E-state index is 0.0694. The molecular weight excluding hydrogens is 603 g/mol. The Labute approximate surface area is 260 Å². The van der Waals surface area contributed by atoms with Crippen molar-refractivity contribution in [3.8, 4) is 0 Å². The highest BCUT2D eigenvalue weighted by Crippen LogP contribution is 2.18. The summed E-state index contributed by atoms with van der Waals surface area (Å²) < 4.78 is 15.7. The van der Waals surface area contributed by atoms with Gasteiger partial charge in [-0.3, -0.25) is 0 Å². The van der Waals surface area contributed by atoms with Crippen molar-refractivity contribution in [1.29, 1.82) is 0 Å². The monoisotopic (exact) mass is 634 g/mol. The standard InChI is InChI=1S/C18H25ClN4O3.C10H8Cl2N4/c1-24-10-11-26-13-12-25-9-5-8-16-21-18(17(19)23-22-16)20-14-15-6-3-2-4-7-15;11-8-9(14-10(12)16-15-8)13-6-7-4-2-1-3-5-7/h2-4,6-7H,5,8-14H2,1H3,(H,20,21,22);1-5H,6H2,(H,13,14,16). The average molecular weight is 636 g/mol. The van der Waals surface area contributed by atoms with Gasteiger partial charge in [0.1, 0.15) is 0 Å². The molecule has 0 unspecified atom stereocenters. The van der Waals surface area contributed by atoms with Gasteiger partial charge in [0.2, 0.25) is 5.28 Å². The number of rotatable bonds is 16. The molecule has 2 heterocycles. The number of methoxy groups -OCH3 is 1. The fourth-order valence-corrected chi connectivity index (χ4v) is 3.75. The van der Waals surface area contributed by atoms with E-state index in [4.69, 9.17) is 49.0 Å². The van der Waals surface area contributed by atoms with Crippen LogP contribution in [0, 0.1) is 0 Å². The molecule has 2 aromatic heterocycles. The predicted molar refractivity (Wildman–Crippen MR) is 164 cm³/mol. The molecule has 0 aliphatic heterocycles. The Bertz CT molecular complexity index is 1310. The van der Waals surface area contributed by atoms with E-state index in [1.807, 2.05) is 60.7 Å². The second-order valence-corrected chi connectivity index (χ2v) is 9.64. The van der Waals surface area contributed by atoms with E-state index in [2.05, 4.69) is 41.0 Å². The van der Waals surface area contributed by atoms with Crippen LogP contribution in [0.1, 0.15) is 23.4 Å². The molecule has 0 amide bonds. The predicted octanol–water partition coefficient (Wildman–Crippen LogP) is 5.54. The van der Waals surface area contributed by atoms with Crippen LogP contribution in [-0.2, 0) is 33.7 Å². The van der Waals surface area contributed by atoms with Gasteiger partial charge in [-0.25, -0.2) is 4.98 Å². The summed E-state index contributed by atoms with van der Waals surface area (Å²) in [4.78, 5) is 8.38. The smallest absolute Gasteiger partial charge is 0.245 e. The quantitative estimate of drug-likeness (QED) is 0.151. The Morgan fingerprint density at radius 3 is 1.74 bits per heavy atom.